The van der Waals surface area contributed by atoms with Gasteiger partial charge in [-0.15, -0.1) is 0 Å². The van der Waals surface area contributed by atoms with E-state index < -0.39 is 5.82 Å². The van der Waals surface area contributed by atoms with Crippen molar-refractivity contribution in [2.75, 3.05) is 46.8 Å². The van der Waals surface area contributed by atoms with Crippen molar-refractivity contribution in [1.82, 2.24) is 0 Å². The molecule has 0 atom stereocenters. The minimum absolute atomic E-state index is 0.210. The molecule has 6 heteroatoms. The van der Waals surface area contributed by atoms with Crippen LogP contribution in [0.5, 0.6) is 5.75 Å². The van der Waals surface area contributed by atoms with E-state index in [1.165, 1.54) is 6.07 Å². The van der Waals surface area contributed by atoms with Gasteiger partial charge in [-0.1, -0.05) is 6.07 Å². The summed E-state index contributed by atoms with van der Waals surface area (Å²) in [6.45, 7) is 3.08. The Kier molecular flexibility index (Phi) is 8.90. The van der Waals surface area contributed by atoms with Crippen LogP contribution < -0.4 is 10.5 Å². The Balaban J connectivity index is 2.06. The number of ether oxygens (including phenoxy) is 4. The van der Waals surface area contributed by atoms with Crippen LogP contribution in [0.3, 0.4) is 0 Å². The van der Waals surface area contributed by atoms with Gasteiger partial charge in [-0.2, -0.15) is 0 Å². The lowest BCUT2D eigenvalue weighted by molar-refractivity contribution is 0.0177. The minimum atomic E-state index is -0.407. The van der Waals surface area contributed by atoms with E-state index in [-0.39, 0.29) is 12.4 Å². The molecule has 1 rings (SSSR count). The van der Waals surface area contributed by atoms with Gasteiger partial charge in [0, 0.05) is 13.7 Å². The van der Waals surface area contributed by atoms with E-state index in [9.17, 15) is 4.39 Å². The Labute approximate surface area is 118 Å². The highest BCUT2D eigenvalue weighted by atomic mass is 19.1. The highest BCUT2D eigenvalue weighted by Crippen LogP contribution is 2.17. The van der Waals surface area contributed by atoms with E-state index in [0.717, 1.165) is 5.56 Å². The maximum absolute atomic E-state index is 13.5. The molecule has 114 valence electrons. The summed E-state index contributed by atoms with van der Waals surface area (Å²) in [6.07, 6.45) is 0. The summed E-state index contributed by atoms with van der Waals surface area (Å²) in [7, 11) is 1.62. The first-order valence-electron chi connectivity index (χ1n) is 6.53. The van der Waals surface area contributed by atoms with Crippen molar-refractivity contribution in [2.45, 2.75) is 6.54 Å². The van der Waals surface area contributed by atoms with Crippen LogP contribution in [0.1, 0.15) is 5.56 Å². The molecule has 0 saturated heterocycles. The van der Waals surface area contributed by atoms with Crippen LogP contribution in [0.15, 0.2) is 18.2 Å². The first-order chi connectivity index (χ1) is 9.77. The van der Waals surface area contributed by atoms with Crippen molar-refractivity contribution < 1.29 is 23.3 Å². The Morgan fingerprint density at radius 3 is 2.25 bits per heavy atom. The van der Waals surface area contributed by atoms with Gasteiger partial charge < -0.3 is 24.7 Å². The topological polar surface area (TPSA) is 62.9 Å². The Hall–Kier alpha value is -1.21. The van der Waals surface area contributed by atoms with Crippen molar-refractivity contribution in [3.05, 3.63) is 29.6 Å². The van der Waals surface area contributed by atoms with Crippen molar-refractivity contribution >= 4 is 0 Å². The number of nitrogens with two attached hydrogens (primary N) is 1. The quantitative estimate of drug-likeness (QED) is 0.622. The fourth-order valence-electron chi connectivity index (χ4n) is 1.46. The van der Waals surface area contributed by atoms with Crippen LogP contribution in [-0.2, 0) is 20.8 Å². The summed E-state index contributed by atoms with van der Waals surface area (Å²) in [6, 6.07) is 4.69. The summed E-state index contributed by atoms with van der Waals surface area (Å²) < 4.78 is 34.2. The lowest BCUT2D eigenvalue weighted by atomic mass is 10.2. The minimum Gasteiger partial charge on any atom is -0.488 e. The van der Waals surface area contributed by atoms with Gasteiger partial charge in [0.2, 0.25) is 0 Å². The van der Waals surface area contributed by atoms with E-state index in [4.69, 9.17) is 24.7 Å². The molecule has 1 aromatic carbocycles. The zero-order valence-corrected chi connectivity index (χ0v) is 11.8. The number of methoxy groups -OCH3 is 1. The van der Waals surface area contributed by atoms with Gasteiger partial charge in [-0.05, 0) is 17.7 Å². The Morgan fingerprint density at radius 2 is 1.65 bits per heavy atom. The highest BCUT2D eigenvalue weighted by molar-refractivity contribution is 5.29. The van der Waals surface area contributed by atoms with Crippen LogP contribution in [0.2, 0.25) is 0 Å². The molecule has 0 unspecified atom stereocenters. The van der Waals surface area contributed by atoms with E-state index in [0.29, 0.717) is 39.6 Å². The molecule has 0 spiro atoms. The van der Waals surface area contributed by atoms with Crippen LogP contribution in [0, 0.1) is 5.82 Å². The van der Waals surface area contributed by atoms with E-state index in [2.05, 4.69) is 0 Å². The summed E-state index contributed by atoms with van der Waals surface area (Å²) in [5, 5.41) is 0. The third kappa shape index (κ3) is 6.81. The van der Waals surface area contributed by atoms with Crippen LogP contribution in [0.25, 0.3) is 0 Å². The van der Waals surface area contributed by atoms with Crippen LogP contribution >= 0.6 is 0 Å². The molecule has 0 aliphatic carbocycles. The smallest absolute Gasteiger partial charge is 0.165 e. The maximum Gasteiger partial charge on any atom is 0.165 e. The molecule has 0 amide bonds. The Morgan fingerprint density at radius 1 is 1.00 bits per heavy atom. The largest absolute Gasteiger partial charge is 0.488 e. The fourth-order valence-corrected chi connectivity index (χ4v) is 1.46. The molecular formula is C14H22FNO4. The lowest BCUT2D eigenvalue weighted by Crippen LogP contribution is -2.12. The second kappa shape index (κ2) is 10.6. The fraction of sp³-hybridized carbons (Fsp3) is 0.571. The maximum atomic E-state index is 13.5. The number of hydrogen-bond donors (Lipinski definition) is 1. The van der Waals surface area contributed by atoms with E-state index in [1.54, 1.807) is 19.2 Å². The molecule has 0 bridgehead atoms. The summed E-state index contributed by atoms with van der Waals surface area (Å²) >= 11 is 0. The first kappa shape index (κ1) is 16.8. The zero-order chi connectivity index (χ0) is 14.6. The summed E-state index contributed by atoms with van der Waals surface area (Å²) in [5.41, 5.74) is 6.16. The molecule has 0 saturated carbocycles. The lowest BCUT2D eigenvalue weighted by Gasteiger charge is -2.09. The average molecular weight is 287 g/mol. The average Bonchev–Trinajstić information content (AvgIpc) is 2.47. The monoisotopic (exact) mass is 287 g/mol. The van der Waals surface area contributed by atoms with Gasteiger partial charge in [0.1, 0.15) is 6.61 Å². The third-order valence-electron chi connectivity index (χ3n) is 2.52. The van der Waals surface area contributed by atoms with Crippen molar-refractivity contribution in [2.24, 2.45) is 5.73 Å². The SMILES string of the molecule is COCCOCCOCCOc1ccc(CN)cc1F. The van der Waals surface area contributed by atoms with Crippen molar-refractivity contribution in [1.29, 1.82) is 0 Å². The predicted molar refractivity (Wildman–Crippen MR) is 73.3 cm³/mol. The molecule has 20 heavy (non-hydrogen) atoms. The molecule has 0 fully saturated rings. The van der Waals surface area contributed by atoms with Gasteiger partial charge in [0.15, 0.2) is 11.6 Å². The normalized spacial score (nSPS) is 10.8. The van der Waals surface area contributed by atoms with E-state index in [1.807, 2.05) is 0 Å². The van der Waals surface area contributed by atoms with E-state index >= 15 is 0 Å². The molecule has 0 aromatic heterocycles. The second-order valence-electron chi connectivity index (χ2n) is 4.03. The molecule has 0 aliphatic rings. The molecule has 2 N–H and O–H groups in total. The third-order valence-corrected chi connectivity index (χ3v) is 2.52. The van der Waals surface area contributed by atoms with Gasteiger partial charge in [0.25, 0.3) is 0 Å². The Bertz CT molecular complexity index is 376. The molecule has 0 radical (unpaired) electrons. The van der Waals surface area contributed by atoms with Crippen LogP contribution in [0.4, 0.5) is 4.39 Å². The van der Waals surface area contributed by atoms with Gasteiger partial charge in [0.05, 0.1) is 33.0 Å². The van der Waals surface area contributed by atoms with Gasteiger partial charge >= 0.3 is 0 Å². The number of hydrogen-bond acceptors (Lipinski definition) is 5. The summed E-state index contributed by atoms with van der Waals surface area (Å²) in [5.74, 6) is -0.196. The second-order valence-corrected chi connectivity index (χ2v) is 4.03. The predicted octanol–water partition coefficient (Wildman–Crippen LogP) is 1.34. The number of halogens is 1. The number of benzene rings is 1. The van der Waals surface area contributed by atoms with Gasteiger partial charge in [-0.25, -0.2) is 4.39 Å². The van der Waals surface area contributed by atoms with Crippen LogP contribution in [-0.4, -0.2) is 46.8 Å². The molecular weight excluding hydrogens is 265 g/mol. The molecule has 1 aromatic rings. The highest BCUT2D eigenvalue weighted by Gasteiger charge is 2.03. The number of rotatable bonds is 11. The molecule has 0 heterocycles. The van der Waals surface area contributed by atoms with Gasteiger partial charge in [-0.3, -0.25) is 0 Å². The molecule has 0 aliphatic heterocycles. The zero-order valence-electron chi connectivity index (χ0n) is 11.8. The summed E-state index contributed by atoms with van der Waals surface area (Å²) in [4.78, 5) is 0. The van der Waals surface area contributed by atoms with Crippen molar-refractivity contribution in [3.8, 4) is 5.75 Å². The van der Waals surface area contributed by atoms with Crippen molar-refractivity contribution in [3.63, 3.8) is 0 Å². The first-order valence-corrected chi connectivity index (χ1v) is 6.53. The standard InChI is InChI=1S/C14H22FNO4/c1-17-4-5-18-6-7-19-8-9-20-14-3-2-12(11-16)10-13(14)15/h2-3,10H,4-9,11,16H2,1H3. The molecule has 5 nitrogen and oxygen atoms in total.